The van der Waals surface area contributed by atoms with E-state index in [-0.39, 0.29) is 128 Å². The Balaban J connectivity index is 0.000000140. The molecule has 644 valence electrons. The summed E-state index contributed by atoms with van der Waals surface area (Å²) in [6.45, 7) is 3.07. The Kier molecular flexibility index (Phi) is 28.2. The summed E-state index contributed by atoms with van der Waals surface area (Å²) >= 11 is 2.19. The van der Waals surface area contributed by atoms with Gasteiger partial charge in [0, 0.05) is 74.4 Å². The number of azo groups is 4. The molecule has 0 atom stereocenters. The largest absolute Gasteiger partial charge is 0.505 e. The van der Waals surface area contributed by atoms with Gasteiger partial charge in [-0.2, -0.15) is 14.7 Å². The van der Waals surface area contributed by atoms with E-state index in [4.69, 9.17) is 20.6 Å². The zero-order chi connectivity index (χ0) is 91.3. The van der Waals surface area contributed by atoms with E-state index in [0.29, 0.717) is 106 Å². The second kappa shape index (κ2) is 41.3. The molecule has 0 fully saturated rings. The molecule has 5 heterocycles. The van der Waals surface area contributed by atoms with Crippen LogP contribution >= 0.6 is 22.9 Å². The molecule has 17 rings (SSSR count). The van der Waals surface area contributed by atoms with Crippen molar-refractivity contribution in [2.75, 3.05) is 21.3 Å². The monoisotopic (exact) mass is 1770 g/mol. The van der Waals surface area contributed by atoms with Gasteiger partial charge in [0.15, 0.2) is 41.4 Å². The van der Waals surface area contributed by atoms with Crippen molar-refractivity contribution < 1.29 is 69.6 Å². The molecule has 0 saturated heterocycles. The van der Waals surface area contributed by atoms with E-state index in [1.807, 2.05) is 36.4 Å². The number of aliphatic hydroxyl groups excluding tert-OH is 4. The molecule has 13 N–H and O–H groups in total. The maximum atomic E-state index is 13.1. The molecule has 0 spiro atoms. The topological polar surface area (TPSA) is 546 Å². The second-order valence-electron chi connectivity index (χ2n) is 27.9. The first-order valence-electron chi connectivity index (χ1n) is 38.9. The Hall–Kier alpha value is -17.5. The van der Waals surface area contributed by atoms with Crippen molar-refractivity contribution in [3.63, 3.8) is 0 Å². The Morgan fingerprint density at radius 3 is 1.14 bits per heavy atom. The van der Waals surface area contributed by atoms with Gasteiger partial charge in [0.2, 0.25) is 16.1 Å². The van der Waals surface area contributed by atoms with Gasteiger partial charge in [-0.25, -0.2) is 24.6 Å². The van der Waals surface area contributed by atoms with Crippen LogP contribution in [0.15, 0.2) is 290 Å². The summed E-state index contributed by atoms with van der Waals surface area (Å²) in [6, 6.07) is 65.5. The Bertz CT molecular complexity index is 7290. The maximum Gasteiger partial charge on any atom is 0.259 e. The summed E-state index contributed by atoms with van der Waals surface area (Å²) < 4.78 is 5.35. The molecule has 4 amide bonds. The summed E-state index contributed by atoms with van der Waals surface area (Å²) in [5.41, 5.74) is 6.38. The van der Waals surface area contributed by atoms with E-state index in [1.54, 1.807) is 208 Å². The van der Waals surface area contributed by atoms with Crippen molar-refractivity contribution in [1.82, 2.24) is 44.3 Å². The molecule has 0 aliphatic carbocycles. The van der Waals surface area contributed by atoms with Crippen molar-refractivity contribution in [2.45, 2.75) is 40.3 Å². The number of hydrogen-bond acceptors (Lipinski definition) is 32. The van der Waals surface area contributed by atoms with Crippen molar-refractivity contribution in [3.8, 4) is 35.0 Å². The van der Waals surface area contributed by atoms with Crippen molar-refractivity contribution in [3.05, 3.63) is 321 Å². The average molecular weight is 1770 g/mol. The first-order valence-corrected chi connectivity index (χ1v) is 40.5. The van der Waals surface area contributed by atoms with Gasteiger partial charge < -0.3 is 62.1 Å². The quantitative estimate of drug-likeness (QED) is 0.0209. The summed E-state index contributed by atoms with van der Waals surface area (Å²) in [7, 11) is 0. The van der Waals surface area contributed by atoms with Crippen molar-refractivity contribution in [2.24, 2.45) is 40.9 Å². The molecule has 0 unspecified atom stereocenters. The van der Waals surface area contributed by atoms with Crippen LogP contribution in [0.2, 0.25) is 0 Å². The highest BCUT2D eigenvalue weighted by Crippen LogP contribution is 2.45. The molecule has 0 aliphatic heterocycles. The SMILES string of the molecule is Cc1nc(N=Nc2c(O)c(C(=O)Nc3ccc(CO)cc3)cc3ccccc23)sc1C#N.Cc1nsc(N=Nc2c(O)c(C(=O)Nc3ccc(CO)cc3)cc3ccccc23)n1.O=Cc1cn(-c2ncccn2)nc1N=Nc1c(O)c(C(=O)Nc2ccc(CO)cc2)cc2ccccc12.O=Cc1cn[nH]c1N=Nc1c(O)c(C(=O)Nc2ccc(CO)cc2)cc2ccccc12. The Morgan fingerprint density at radius 2 is 0.800 bits per heavy atom. The number of thiazole rings is 1. The third kappa shape index (κ3) is 21.0. The number of nitriles is 1. The van der Waals surface area contributed by atoms with E-state index in [2.05, 4.69) is 102 Å². The fourth-order valence-electron chi connectivity index (χ4n) is 12.7. The lowest BCUT2D eigenvalue weighted by atomic mass is 10.0. The molecule has 38 heteroatoms. The molecule has 36 nitrogen and oxygen atoms in total. The summed E-state index contributed by atoms with van der Waals surface area (Å²) in [4.78, 5) is 91.3. The number of anilines is 4. The number of aryl methyl sites for hydroxylation is 2. The van der Waals surface area contributed by atoms with Crippen LogP contribution in [0.3, 0.4) is 0 Å². The number of aldehydes is 2. The van der Waals surface area contributed by atoms with Gasteiger partial charge in [0.1, 0.15) is 39.5 Å². The predicted molar refractivity (Wildman–Crippen MR) is 485 cm³/mol. The molecular formula is C92H70N22O14S2. The molecule has 0 saturated carbocycles. The fraction of sp³-hybridized carbons (Fsp3) is 0.0652. The number of phenols is 4. The molecular weight excluding hydrogens is 1700 g/mol. The number of rotatable bonds is 23. The first-order chi connectivity index (χ1) is 63.2. The van der Waals surface area contributed by atoms with Crippen LogP contribution in [0.4, 0.5) is 67.4 Å². The number of aromatic nitrogens is 9. The lowest BCUT2D eigenvalue weighted by molar-refractivity contribution is 0.101. The third-order valence-electron chi connectivity index (χ3n) is 19.3. The summed E-state index contributed by atoms with van der Waals surface area (Å²) in [5, 5.41) is 149. The lowest BCUT2D eigenvalue weighted by Gasteiger charge is -2.11. The van der Waals surface area contributed by atoms with Gasteiger partial charge in [-0.15, -0.1) is 46.0 Å². The van der Waals surface area contributed by atoms with Gasteiger partial charge in [-0.3, -0.25) is 33.9 Å². The van der Waals surface area contributed by atoms with Crippen LogP contribution in [0.5, 0.6) is 23.0 Å². The molecule has 130 heavy (non-hydrogen) atoms. The minimum absolute atomic E-state index is 0.00948. The van der Waals surface area contributed by atoms with Gasteiger partial charge in [0.05, 0.1) is 71.7 Å². The number of nitrogens with zero attached hydrogens (tertiary/aromatic N) is 17. The van der Waals surface area contributed by atoms with Crippen molar-refractivity contribution in [1.29, 1.82) is 5.26 Å². The average Bonchev–Trinajstić information content (AvgIpc) is 1.39. The van der Waals surface area contributed by atoms with E-state index in [1.165, 1.54) is 29.5 Å². The standard InChI is InChI=1S/C26H19N7O4.C23H17N5O3S.C22H17N5O4.C21H17N5O3S/c34-14-16-6-8-19(9-7-16)29-25(37)21-12-17-4-1-2-5-20(17)22(23(21)36)30-31-24-18(15-35)13-33(32-24)26-27-10-3-11-28-26;1-13-19(11-24)32-23(25-13)28-27-20-17-5-3-2-4-15(17)10-18(21(20)30)22(31)26-16-8-6-14(12-29)7-9-16;28-11-13-5-7-16(8-6-13)24-22(31)18-9-14-3-1-2-4-17(14)19(20(18)30)25-27-21-15(12-29)10-23-26-21;1-12-22-21(30-26-12)25-24-18-16-5-3-2-4-14(16)10-17(19(18)28)20(29)23-15-8-6-13(11-27)7-9-15/h1-13,15,34,36H,14H2,(H,29,37);2-10,29-30H,12H2,1H3,(H,26,31);1-10,12,28,30H,11H2,(H,23,26)(H,24,31);2-10,27-28H,11H2,1H3,(H,23,29). The summed E-state index contributed by atoms with van der Waals surface area (Å²) in [6.07, 6.45) is 6.96. The van der Waals surface area contributed by atoms with E-state index in [0.717, 1.165) is 39.4 Å². The number of aliphatic hydroxyl groups is 4. The van der Waals surface area contributed by atoms with Gasteiger partial charge in [-0.05, 0) is 137 Å². The van der Waals surface area contributed by atoms with Crippen LogP contribution in [0.1, 0.15) is 101 Å². The predicted octanol–water partition coefficient (Wildman–Crippen LogP) is 18.9. The highest BCUT2D eigenvalue weighted by molar-refractivity contribution is 7.15. The van der Waals surface area contributed by atoms with Crippen molar-refractivity contribution >= 4 is 170 Å². The van der Waals surface area contributed by atoms with Gasteiger partial charge in [-0.1, -0.05) is 157 Å². The zero-order valence-corrected chi connectivity index (χ0v) is 69.7. The lowest BCUT2D eigenvalue weighted by Crippen LogP contribution is -2.12. The van der Waals surface area contributed by atoms with E-state index < -0.39 is 23.6 Å². The Morgan fingerprint density at radius 1 is 0.446 bits per heavy atom. The number of H-pyrrole nitrogens is 1. The van der Waals surface area contributed by atoms with Gasteiger partial charge >= 0.3 is 0 Å². The minimum atomic E-state index is -0.560. The number of amides is 4. The number of phenolic OH excluding ortho intramolecular Hbond substituents is 4. The van der Waals surface area contributed by atoms with Crippen LogP contribution < -0.4 is 21.3 Å². The molecule has 5 aromatic heterocycles. The van der Waals surface area contributed by atoms with Crippen LogP contribution in [0.25, 0.3) is 49.0 Å². The maximum absolute atomic E-state index is 13.1. The summed E-state index contributed by atoms with van der Waals surface area (Å²) in [5.74, 6) is -2.46. The molecule has 0 radical (unpaired) electrons. The third-order valence-corrected chi connectivity index (χ3v) is 20.9. The van der Waals surface area contributed by atoms with Crippen LogP contribution in [-0.2, 0) is 26.4 Å². The number of nitrogens with one attached hydrogen (secondary N) is 5. The number of benzene rings is 12. The Labute approximate surface area is 743 Å². The molecule has 12 aromatic carbocycles. The van der Waals surface area contributed by atoms with Gasteiger partial charge in [0.25, 0.3) is 29.6 Å². The molecule has 0 aliphatic rings. The number of aromatic hydroxyl groups is 4. The number of aromatic amines is 1. The normalized spacial score (nSPS) is 11.1. The highest BCUT2D eigenvalue weighted by Gasteiger charge is 2.25. The van der Waals surface area contributed by atoms with Crippen LogP contribution in [-0.4, -0.2) is 121 Å². The number of hydrogen-bond donors (Lipinski definition) is 13. The van der Waals surface area contributed by atoms with E-state index >= 15 is 0 Å². The molecule has 17 aromatic rings. The smallest absolute Gasteiger partial charge is 0.259 e. The number of fused-ring (bicyclic) bond motifs is 4. The van der Waals surface area contributed by atoms with Crippen LogP contribution in [0, 0.1) is 25.2 Å². The fourth-order valence-corrected chi connectivity index (χ4v) is 13.9. The minimum Gasteiger partial charge on any atom is -0.505 e. The number of carbonyl (C=O) groups is 6. The van der Waals surface area contributed by atoms with E-state index in [9.17, 15) is 54.3 Å². The highest BCUT2D eigenvalue weighted by atomic mass is 32.1. The second-order valence-corrected chi connectivity index (χ2v) is 29.6. The first kappa shape index (κ1) is 88.8. The zero-order valence-electron chi connectivity index (χ0n) is 68.1. The number of carbonyl (C=O) groups excluding carboxylic acids is 6. The molecule has 0 bridgehead atoms.